The molecule has 0 aromatic carbocycles. The van der Waals surface area contributed by atoms with Gasteiger partial charge in [0, 0.05) is 19.6 Å². The molecule has 0 radical (unpaired) electrons. The van der Waals surface area contributed by atoms with Crippen LogP contribution in [0.5, 0.6) is 0 Å². The predicted octanol–water partition coefficient (Wildman–Crippen LogP) is 1.88. The summed E-state index contributed by atoms with van der Waals surface area (Å²) in [6.45, 7) is 11.1. The molecule has 21 heavy (non-hydrogen) atoms. The normalized spacial score (nSPS) is 14.1. The molecule has 1 aromatic heterocycles. The van der Waals surface area contributed by atoms with Gasteiger partial charge < -0.3 is 5.32 Å². The zero-order valence-corrected chi connectivity index (χ0v) is 14.7. The Morgan fingerprint density at radius 3 is 2.48 bits per heavy atom. The first-order valence-corrected chi connectivity index (χ1v) is 8.90. The van der Waals surface area contributed by atoms with Gasteiger partial charge >= 0.3 is 0 Å². The van der Waals surface area contributed by atoms with Crippen molar-refractivity contribution in [3.05, 3.63) is 11.4 Å². The van der Waals surface area contributed by atoms with Crippen LogP contribution < -0.4 is 5.32 Å². The third kappa shape index (κ3) is 4.05. The van der Waals surface area contributed by atoms with Crippen LogP contribution >= 0.6 is 0 Å². The molecule has 0 aliphatic carbocycles. The number of hydrogen-bond acceptors (Lipinski definition) is 4. The first-order valence-electron chi connectivity index (χ1n) is 7.46. The number of aryl methyl sites for hydroxylation is 1. The number of aromatic amines is 1. The maximum atomic E-state index is 12.9. The number of H-pyrrole nitrogens is 1. The van der Waals surface area contributed by atoms with Crippen molar-refractivity contribution in [1.29, 1.82) is 0 Å². The van der Waals surface area contributed by atoms with Gasteiger partial charge in [0.2, 0.25) is 10.0 Å². The minimum Gasteiger partial charge on any atom is -0.311 e. The fourth-order valence-corrected chi connectivity index (χ4v) is 3.92. The predicted molar refractivity (Wildman–Crippen MR) is 84.6 cm³/mol. The van der Waals surface area contributed by atoms with E-state index in [2.05, 4.69) is 22.4 Å². The molecule has 122 valence electrons. The summed E-state index contributed by atoms with van der Waals surface area (Å²) in [5.74, 6) is 0.249. The Labute approximate surface area is 128 Å². The molecule has 0 bridgehead atoms. The van der Waals surface area contributed by atoms with E-state index in [1.807, 2.05) is 20.8 Å². The number of hydrogen-bond donors (Lipinski definition) is 2. The summed E-state index contributed by atoms with van der Waals surface area (Å²) in [6, 6.07) is -0.0687. The fraction of sp³-hybridized carbons (Fsp3) is 0.786. The van der Waals surface area contributed by atoms with Crippen molar-refractivity contribution in [2.24, 2.45) is 5.92 Å². The Morgan fingerprint density at radius 1 is 1.33 bits per heavy atom. The van der Waals surface area contributed by atoms with Gasteiger partial charge in [-0.25, -0.2) is 8.42 Å². The number of aromatic nitrogens is 2. The van der Waals surface area contributed by atoms with Gasteiger partial charge in [0.1, 0.15) is 4.90 Å². The van der Waals surface area contributed by atoms with Crippen LogP contribution in [0.2, 0.25) is 0 Å². The highest BCUT2D eigenvalue weighted by atomic mass is 32.2. The van der Waals surface area contributed by atoms with Crippen molar-refractivity contribution in [3.8, 4) is 0 Å². The smallest absolute Gasteiger partial charge is 0.246 e. The van der Waals surface area contributed by atoms with Gasteiger partial charge in [0.05, 0.1) is 11.4 Å². The molecular weight excluding hydrogens is 288 g/mol. The molecule has 1 aromatic rings. The third-order valence-corrected chi connectivity index (χ3v) is 6.00. The van der Waals surface area contributed by atoms with Crippen molar-refractivity contribution in [2.75, 3.05) is 13.6 Å². The van der Waals surface area contributed by atoms with Crippen molar-refractivity contribution in [3.63, 3.8) is 0 Å². The maximum Gasteiger partial charge on any atom is 0.246 e. The third-order valence-electron chi connectivity index (χ3n) is 3.86. The molecule has 1 heterocycles. The summed E-state index contributed by atoms with van der Waals surface area (Å²) in [5.41, 5.74) is 1.15. The molecule has 0 saturated heterocycles. The quantitative estimate of drug-likeness (QED) is 0.718. The Morgan fingerprint density at radius 2 is 1.95 bits per heavy atom. The minimum absolute atomic E-state index is 0.0687. The molecule has 0 fully saturated rings. The Hall–Kier alpha value is -0.920. The number of sulfonamides is 1. The van der Waals surface area contributed by atoms with E-state index >= 15 is 0 Å². The first-order chi connectivity index (χ1) is 9.73. The second-order valence-corrected chi connectivity index (χ2v) is 7.74. The lowest BCUT2D eigenvalue weighted by Crippen LogP contribution is -2.38. The second-order valence-electron chi connectivity index (χ2n) is 5.81. The molecule has 1 unspecified atom stereocenters. The van der Waals surface area contributed by atoms with E-state index in [0.29, 0.717) is 22.8 Å². The summed E-state index contributed by atoms with van der Waals surface area (Å²) < 4.78 is 27.1. The molecule has 0 aliphatic heterocycles. The van der Waals surface area contributed by atoms with Gasteiger partial charge in [-0.3, -0.25) is 5.10 Å². The lowest BCUT2D eigenvalue weighted by Gasteiger charge is -2.27. The monoisotopic (exact) mass is 316 g/mol. The van der Waals surface area contributed by atoms with Gasteiger partial charge in [0.15, 0.2) is 0 Å². The van der Waals surface area contributed by atoms with E-state index in [4.69, 9.17) is 0 Å². The van der Waals surface area contributed by atoms with E-state index in [-0.39, 0.29) is 12.0 Å². The Balaban J connectivity index is 3.10. The molecule has 2 N–H and O–H groups in total. The number of rotatable bonds is 8. The van der Waals surface area contributed by atoms with Crippen molar-refractivity contribution >= 4 is 10.0 Å². The molecule has 0 amide bonds. The molecule has 6 nitrogen and oxygen atoms in total. The molecule has 0 spiro atoms. The largest absolute Gasteiger partial charge is 0.311 e. The molecule has 0 aliphatic rings. The van der Waals surface area contributed by atoms with E-state index < -0.39 is 10.0 Å². The van der Waals surface area contributed by atoms with Gasteiger partial charge in [-0.1, -0.05) is 20.8 Å². The summed E-state index contributed by atoms with van der Waals surface area (Å²) in [7, 11) is -1.90. The van der Waals surface area contributed by atoms with Gasteiger partial charge in [0.25, 0.3) is 0 Å². The zero-order chi connectivity index (χ0) is 16.2. The van der Waals surface area contributed by atoms with E-state index in [1.54, 1.807) is 14.0 Å². The van der Waals surface area contributed by atoms with Crippen molar-refractivity contribution < 1.29 is 8.42 Å². The lowest BCUT2D eigenvalue weighted by molar-refractivity contribution is 0.315. The van der Waals surface area contributed by atoms with Gasteiger partial charge in [-0.15, -0.1) is 0 Å². The highest BCUT2D eigenvalue weighted by Crippen LogP contribution is 2.24. The van der Waals surface area contributed by atoms with Crippen LogP contribution in [0, 0.1) is 12.8 Å². The van der Waals surface area contributed by atoms with Crippen molar-refractivity contribution in [1.82, 2.24) is 19.8 Å². The highest BCUT2D eigenvalue weighted by Gasteiger charge is 2.32. The number of nitrogens with one attached hydrogen (secondary N) is 2. The summed E-state index contributed by atoms with van der Waals surface area (Å²) in [6.07, 6.45) is 0.996. The van der Waals surface area contributed by atoms with Crippen LogP contribution in [0.3, 0.4) is 0 Å². The maximum absolute atomic E-state index is 12.9. The SMILES string of the molecule is CCCNCc1n[nH]c(C)c1S(=O)(=O)N(C)C(C)C(C)C. The van der Waals surface area contributed by atoms with Gasteiger partial charge in [-0.05, 0) is 32.7 Å². The second kappa shape index (κ2) is 7.38. The van der Waals surface area contributed by atoms with Crippen molar-refractivity contribution in [2.45, 2.75) is 58.5 Å². The summed E-state index contributed by atoms with van der Waals surface area (Å²) in [5, 5.41) is 10.1. The number of nitrogens with zero attached hydrogens (tertiary/aromatic N) is 2. The standard InChI is InChI=1S/C14H28N4O2S/c1-7-8-15-9-13-14(11(4)16-17-13)21(19,20)18(6)12(5)10(2)3/h10,12,15H,7-9H2,1-6H3,(H,16,17). The average Bonchev–Trinajstić information content (AvgIpc) is 2.79. The zero-order valence-electron chi connectivity index (χ0n) is 13.9. The molecule has 7 heteroatoms. The van der Waals surface area contributed by atoms with Crippen LogP contribution in [0.4, 0.5) is 0 Å². The Kier molecular flexibility index (Phi) is 6.37. The van der Waals surface area contributed by atoms with E-state index in [0.717, 1.165) is 13.0 Å². The topological polar surface area (TPSA) is 78.1 Å². The average molecular weight is 316 g/mol. The highest BCUT2D eigenvalue weighted by molar-refractivity contribution is 7.89. The first kappa shape index (κ1) is 18.1. The summed E-state index contributed by atoms with van der Waals surface area (Å²) >= 11 is 0. The van der Waals surface area contributed by atoms with Crippen LogP contribution in [0.15, 0.2) is 4.90 Å². The fourth-order valence-electron chi connectivity index (χ4n) is 2.10. The molecule has 0 saturated carbocycles. The van der Waals surface area contributed by atoms with E-state index in [9.17, 15) is 8.42 Å². The molecule has 1 atom stereocenters. The summed E-state index contributed by atoms with van der Waals surface area (Å²) in [4.78, 5) is 0.307. The van der Waals surface area contributed by atoms with E-state index in [1.165, 1.54) is 4.31 Å². The van der Waals surface area contributed by atoms with Crippen LogP contribution in [-0.4, -0.2) is 42.6 Å². The van der Waals surface area contributed by atoms with Gasteiger partial charge in [-0.2, -0.15) is 9.40 Å². The van der Waals surface area contributed by atoms with Crippen LogP contribution in [0.1, 0.15) is 45.5 Å². The Bertz CT molecular complexity index is 551. The molecule has 1 rings (SSSR count). The molecular formula is C14H28N4O2S. The lowest BCUT2D eigenvalue weighted by atomic mass is 10.1. The van der Waals surface area contributed by atoms with Crippen LogP contribution in [0.25, 0.3) is 0 Å². The van der Waals surface area contributed by atoms with Crippen LogP contribution in [-0.2, 0) is 16.6 Å². The minimum atomic E-state index is -3.54.